The van der Waals surface area contributed by atoms with Crippen LogP contribution in [0, 0.1) is 0 Å². The van der Waals surface area contributed by atoms with Crippen LogP contribution in [-0.4, -0.2) is 25.1 Å². The number of nitrogens with one attached hydrogen (secondary N) is 2. The zero-order chi connectivity index (χ0) is 17.2. The van der Waals surface area contributed by atoms with Crippen LogP contribution in [0.1, 0.15) is 31.4 Å². The van der Waals surface area contributed by atoms with Crippen molar-refractivity contribution in [3.8, 4) is 11.5 Å². The Bertz CT molecular complexity index is 953. The molecule has 126 valence electrons. The largest absolute Gasteiger partial charge is 0.363 e. The first-order valence-electron chi connectivity index (χ1n) is 8.16. The highest BCUT2D eigenvalue weighted by atomic mass is 16.5. The molecule has 0 radical (unpaired) electrons. The molecule has 3 heterocycles. The second kappa shape index (κ2) is 6.35. The summed E-state index contributed by atoms with van der Waals surface area (Å²) in [6.45, 7) is 4.62. The Morgan fingerprint density at radius 3 is 2.72 bits per heavy atom. The summed E-state index contributed by atoms with van der Waals surface area (Å²) in [7, 11) is 0. The molecule has 0 saturated carbocycles. The number of hydrogen-bond acceptors (Lipinski definition) is 6. The molecular formula is C18H18N6O. The highest BCUT2D eigenvalue weighted by Gasteiger charge is 2.11. The van der Waals surface area contributed by atoms with Crippen LogP contribution in [0.25, 0.3) is 22.5 Å². The summed E-state index contributed by atoms with van der Waals surface area (Å²) in [5, 5.41) is 7.22. The van der Waals surface area contributed by atoms with Gasteiger partial charge in [0.2, 0.25) is 0 Å². The van der Waals surface area contributed by atoms with Crippen molar-refractivity contribution in [3.05, 3.63) is 54.2 Å². The van der Waals surface area contributed by atoms with Gasteiger partial charge in [-0.25, -0.2) is 9.97 Å². The minimum absolute atomic E-state index is 0.232. The van der Waals surface area contributed by atoms with E-state index < -0.39 is 0 Å². The molecule has 0 bridgehead atoms. The van der Waals surface area contributed by atoms with E-state index in [4.69, 9.17) is 4.52 Å². The monoisotopic (exact) mass is 334 g/mol. The maximum atomic E-state index is 5.28. The third-order valence-corrected chi connectivity index (χ3v) is 3.84. The van der Waals surface area contributed by atoms with Gasteiger partial charge < -0.3 is 14.8 Å². The molecular weight excluding hydrogens is 316 g/mol. The first kappa shape index (κ1) is 15.3. The summed E-state index contributed by atoms with van der Waals surface area (Å²) in [5.74, 6) is 3.04. The lowest BCUT2D eigenvalue weighted by atomic mass is 10.2. The van der Waals surface area contributed by atoms with Gasteiger partial charge in [0.05, 0.1) is 23.1 Å². The van der Waals surface area contributed by atoms with E-state index in [0.29, 0.717) is 18.3 Å². The van der Waals surface area contributed by atoms with Crippen molar-refractivity contribution in [3.63, 3.8) is 0 Å². The Hall–Kier alpha value is -3.22. The predicted molar refractivity (Wildman–Crippen MR) is 95.0 cm³/mol. The third-order valence-electron chi connectivity index (χ3n) is 3.84. The molecule has 25 heavy (non-hydrogen) atoms. The van der Waals surface area contributed by atoms with Crippen LogP contribution in [0.5, 0.6) is 0 Å². The zero-order valence-corrected chi connectivity index (χ0v) is 14.0. The highest BCUT2D eigenvalue weighted by molar-refractivity contribution is 5.74. The molecule has 7 nitrogen and oxygen atoms in total. The first-order chi connectivity index (χ1) is 12.2. The van der Waals surface area contributed by atoms with E-state index in [-0.39, 0.29) is 5.92 Å². The predicted octanol–water partition coefficient (Wildman–Crippen LogP) is 3.74. The standard InChI is InChI=1S/C18H18N6O/c1-11(2)17-23-18(25-24-17)12-7-8-15(19-9-12)20-10-16-21-13-5-3-4-6-14(13)22-16/h3-9,11H,10H2,1-2H3,(H,19,20)(H,21,22). The van der Waals surface area contributed by atoms with Crippen molar-refractivity contribution in [1.82, 2.24) is 25.1 Å². The van der Waals surface area contributed by atoms with Gasteiger partial charge in [-0.1, -0.05) is 31.1 Å². The molecule has 1 aromatic carbocycles. The Labute approximate surface area is 144 Å². The van der Waals surface area contributed by atoms with E-state index in [1.165, 1.54) is 0 Å². The Morgan fingerprint density at radius 2 is 2.00 bits per heavy atom. The van der Waals surface area contributed by atoms with Crippen LogP contribution < -0.4 is 5.32 Å². The molecule has 0 aliphatic carbocycles. The maximum Gasteiger partial charge on any atom is 0.259 e. The second-order valence-electron chi connectivity index (χ2n) is 6.10. The van der Waals surface area contributed by atoms with E-state index in [0.717, 1.165) is 28.2 Å². The molecule has 0 amide bonds. The number of pyridine rings is 1. The molecule has 0 fully saturated rings. The lowest BCUT2D eigenvalue weighted by Gasteiger charge is -2.03. The number of fused-ring (bicyclic) bond motifs is 1. The molecule has 2 N–H and O–H groups in total. The summed E-state index contributed by atoms with van der Waals surface area (Å²) in [4.78, 5) is 16.6. The maximum absolute atomic E-state index is 5.28. The molecule has 7 heteroatoms. The fourth-order valence-electron chi connectivity index (χ4n) is 2.48. The summed E-state index contributed by atoms with van der Waals surface area (Å²) in [6.07, 6.45) is 1.72. The molecule has 0 aliphatic heterocycles. The number of benzene rings is 1. The van der Waals surface area contributed by atoms with E-state index in [9.17, 15) is 0 Å². The normalized spacial score (nSPS) is 11.3. The van der Waals surface area contributed by atoms with Gasteiger partial charge in [0.15, 0.2) is 5.82 Å². The quantitative estimate of drug-likeness (QED) is 0.577. The smallest absolute Gasteiger partial charge is 0.259 e. The van der Waals surface area contributed by atoms with Gasteiger partial charge in [-0.15, -0.1) is 0 Å². The molecule has 0 atom stereocenters. The Kier molecular flexibility index (Phi) is 3.89. The van der Waals surface area contributed by atoms with Crippen LogP contribution in [0.3, 0.4) is 0 Å². The summed E-state index contributed by atoms with van der Waals surface area (Å²) in [6, 6.07) is 11.7. The van der Waals surface area contributed by atoms with Crippen molar-refractivity contribution < 1.29 is 4.52 Å². The number of aromatic nitrogens is 5. The van der Waals surface area contributed by atoms with Crippen molar-refractivity contribution in [2.24, 2.45) is 0 Å². The zero-order valence-electron chi connectivity index (χ0n) is 14.0. The minimum Gasteiger partial charge on any atom is -0.363 e. The third kappa shape index (κ3) is 3.21. The van der Waals surface area contributed by atoms with Crippen molar-refractivity contribution in [2.75, 3.05) is 5.32 Å². The average Bonchev–Trinajstić information content (AvgIpc) is 3.27. The number of para-hydroxylation sites is 2. The van der Waals surface area contributed by atoms with Gasteiger partial charge in [-0.05, 0) is 24.3 Å². The van der Waals surface area contributed by atoms with Crippen molar-refractivity contribution >= 4 is 16.9 Å². The van der Waals surface area contributed by atoms with Gasteiger partial charge in [-0.2, -0.15) is 4.98 Å². The number of rotatable bonds is 5. The van der Waals surface area contributed by atoms with Gasteiger partial charge >= 0.3 is 0 Å². The number of nitrogens with zero attached hydrogens (tertiary/aromatic N) is 4. The minimum atomic E-state index is 0.232. The summed E-state index contributed by atoms with van der Waals surface area (Å²) < 4.78 is 5.28. The lowest BCUT2D eigenvalue weighted by molar-refractivity contribution is 0.419. The van der Waals surface area contributed by atoms with Crippen molar-refractivity contribution in [2.45, 2.75) is 26.3 Å². The van der Waals surface area contributed by atoms with Crippen LogP contribution >= 0.6 is 0 Å². The van der Waals surface area contributed by atoms with Crippen LogP contribution in [0.15, 0.2) is 47.1 Å². The molecule has 0 spiro atoms. The van der Waals surface area contributed by atoms with Gasteiger partial charge in [-0.3, -0.25) is 0 Å². The lowest BCUT2D eigenvalue weighted by Crippen LogP contribution is -2.02. The van der Waals surface area contributed by atoms with E-state index >= 15 is 0 Å². The molecule has 0 aliphatic rings. The Balaban J connectivity index is 1.44. The average molecular weight is 334 g/mol. The molecule has 3 aromatic heterocycles. The summed E-state index contributed by atoms with van der Waals surface area (Å²) in [5.41, 5.74) is 2.79. The van der Waals surface area contributed by atoms with Gasteiger partial charge in [0.25, 0.3) is 5.89 Å². The van der Waals surface area contributed by atoms with E-state index in [1.807, 2.05) is 50.2 Å². The second-order valence-corrected chi connectivity index (χ2v) is 6.10. The van der Waals surface area contributed by atoms with Crippen LogP contribution in [-0.2, 0) is 6.54 Å². The SMILES string of the molecule is CC(C)c1noc(-c2ccc(NCc3nc4ccccc4[nH]3)nc2)n1. The number of imidazole rings is 1. The molecule has 0 unspecified atom stereocenters. The highest BCUT2D eigenvalue weighted by Crippen LogP contribution is 2.20. The summed E-state index contributed by atoms with van der Waals surface area (Å²) >= 11 is 0. The van der Waals surface area contributed by atoms with Crippen molar-refractivity contribution in [1.29, 1.82) is 0 Å². The molecule has 0 saturated heterocycles. The van der Waals surface area contributed by atoms with Crippen LogP contribution in [0.2, 0.25) is 0 Å². The number of hydrogen-bond donors (Lipinski definition) is 2. The fourth-order valence-corrected chi connectivity index (χ4v) is 2.48. The fraction of sp³-hybridized carbons (Fsp3) is 0.222. The Morgan fingerprint density at radius 1 is 1.12 bits per heavy atom. The van der Waals surface area contributed by atoms with E-state index in [1.54, 1.807) is 6.20 Å². The molecule has 4 rings (SSSR count). The van der Waals surface area contributed by atoms with Crippen LogP contribution in [0.4, 0.5) is 5.82 Å². The van der Waals surface area contributed by atoms with E-state index in [2.05, 4.69) is 30.4 Å². The van der Waals surface area contributed by atoms with Gasteiger partial charge in [0.1, 0.15) is 11.6 Å². The number of H-pyrrole nitrogens is 1. The van der Waals surface area contributed by atoms with Gasteiger partial charge in [0, 0.05) is 12.1 Å². The first-order valence-corrected chi connectivity index (χ1v) is 8.16. The number of anilines is 1. The topological polar surface area (TPSA) is 92.5 Å². The molecule has 4 aromatic rings. The number of aromatic amines is 1.